The molecule has 1 atom stereocenters. The van der Waals surface area contributed by atoms with Crippen LogP contribution < -0.4 is 5.32 Å². The largest absolute Gasteiger partial charge is 0.319 e. The summed E-state index contributed by atoms with van der Waals surface area (Å²) in [6, 6.07) is 0. The van der Waals surface area contributed by atoms with Crippen LogP contribution in [-0.2, 0) is 0 Å². The molecule has 0 saturated heterocycles. The normalized spacial score (nSPS) is 13.7. The van der Waals surface area contributed by atoms with Crippen LogP contribution in [0, 0.1) is 0 Å². The van der Waals surface area contributed by atoms with Crippen LogP contribution in [0.15, 0.2) is 0 Å². The predicted molar refractivity (Wildman–Crippen MR) is 46.6 cm³/mol. The monoisotopic (exact) mass is 167 g/mol. The number of hydrogen-bond donors (Lipinski definition) is 1. The van der Waals surface area contributed by atoms with E-state index < -0.39 is 0 Å². The van der Waals surface area contributed by atoms with Gasteiger partial charge in [0.05, 0.1) is 0 Å². The zero-order chi connectivity index (χ0) is 7.11. The first kappa shape index (κ1) is 9.60. The van der Waals surface area contributed by atoms with Gasteiger partial charge >= 0.3 is 0 Å². The lowest BCUT2D eigenvalue weighted by Crippen LogP contribution is -2.18. The number of halogens is 1. The molecule has 56 valence electrons. The van der Waals surface area contributed by atoms with Gasteiger partial charge in [-0.05, 0) is 7.05 Å². The SMILES string of the molecule is CNCC(C)SCCCl. The van der Waals surface area contributed by atoms with Crippen LogP contribution in [0.2, 0.25) is 0 Å². The van der Waals surface area contributed by atoms with E-state index in [4.69, 9.17) is 11.6 Å². The van der Waals surface area contributed by atoms with Gasteiger partial charge in [0.1, 0.15) is 0 Å². The van der Waals surface area contributed by atoms with Gasteiger partial charge in [0.25, 0.3) is 0 Å². The first-order valence-corrected chi connectivity index (χ1v) is 4.71. The molecule has 0 fully saturated rings. The summed E-state index contributed by atoms with van der Waals surface area (Å²) >= 11 is 7.41. The summed E-state index contributed by atoms with van der Waals surface area (Å²) in [4.78, 5) is 0. The summed E-state index contributed by atoms with van der Waals surface area (Å²) < 4.78 is 0. The van der Waals surface area contributed by atoms with E-state index in [2.05, 4.69) is 12.2 Å². The lowest BCUT2D eigenvalue weighted by atomic mass is 10.5. The van der Waals surface area contributed by atoms with Gasteiger partial charge in [0, 0.05) is 23.4 Å². The number of rotatable bonds is 5. The van der Waals surface area contributed by atoms with E-state index in [9.17, 15) is 0 Å². The van der Waals surface area contributed by atoms with Crippen LogP contribution in [0.3, 0.4) is 0 Å². The van der Waals surface area contributed by atoms with Crippen molar-refractivity contribution in [2.75, 3.05) is 25.2 Å². The van der Waals surface area contributed by atoms with E-state index in [0.29, 0.717) is 5.25 Å². The van der Waals surface area contributed by atoms with Crippen molar-refractivity contribution < 1.29 is 0 Å². The number of alkyl halides is 1. The number of nitrogens with one attached hydrogen (secondary N) is 1. The molecule has 0 aromatic heterocycles. The molecule has 1 N–H and O–H groups in total. The lowest BCUT2D eigenvalue weighted by Gasteiger charge is -2.07. The van der Waals surface area contributed by atoms with E-state index >= 15 is 0 Å². The molecular formula is C6H14ClNS. The standard InChI is InChI=1S/C6H14ClNS/c1-6(5-8-2)9-4-3-7/h6,8H,3-5H2,1-2H3. The van der Waals surface area contributed by atoms with E-state index in [1.807, 2.05) is 18.8 Å². The van der Waals surface area contributed by atoms with Crippen molar-refractivity contribution in [2.24, 2.45) is 0 Å². The van der Waals surface area contributed by atoms with Crippen molar-refractivity contribution in [2.45, 2.75) is 12.2 Å². The highest BCUT2D eigenvalue weighted by Gasteiger charge is 1.97. The van der Waals surface area contributed by atoms with Crippen LogP contribution in [0.1, 0.15) is 6.92 Å². The average Bonchev–Trinajstić information content (AvgIpc) is 1.85. The first-order chi connectivity index (χ1) is 4.31. The molecule has 9 heavy (non-hydrogen) atoms. The molecule has 0 aliphatic carbocycles. The van der Waals surface area contributed by atoms with Crippen LogP contribution in [0.5, 0.6) is 0 Å². The Morgan fingerprint density at radius 1 is 1.67 bits per heavy atom. The summed E-state index contributed by atoms with van der Waals surface area (Å²) in [6.07, 6.45) is 0. The van der Waals surface area contributed by atoms with Gasteiger partial charge < -0.3 is 5.32 Å². The minimum absolute atomic E-state index is 0.689. The molecule has 0 amide bonds. The molecule has 3 heteroatoms. The Bertz CT molecular complexity index is 61.0. The highest BCUT2D eigenvalue weighted by Crippen LogP contribution is 2.08. The van der Waals surface area contributed by atoms with E-state index in [1.165, 1.54) is 0 Å². The minimum atomic E-state index is 0.689. The quantitative estimate of drug-likeness (QED) is 0.624. The third-order valence-electron chi connectivity index (χ3n) is 0.971. The van der Waals surface area contributed by atoms with Crippen LogP contribution in [-0.4, -0.2) is 30.5 Å². The smallest absolute Gasteiger partial charge is 0.0314 e. The topological polar surface area (TPSA) is 12.0 Å². The van der Waals surface area contributed by atoms with Gasteiger partial charge in [0.15, 0.2) is 0 Å². The van der Waals surface area contributed by atoms with Gasteiger partial charge in [-0.1, -0.05) is 6.92 Å². The van der Waals surface area contributed by atoms with Crippen molar-refractivity contribution in [3.63, 3.8) is 0 Å². The van der Waals surface area contributed by atoms with E-state index in [0.717, 1.165) is 18.2 Å². The number of thioether (sulfide) groups is 1. The average molecular weight is 168 g/mol. The van der Waals surface area contributed by atoms with Crippen LogP contribution in [0.4, 0.5) is 0 Å². The van der Waals surface area contributed by atoms with Crippen LogP contribution in [0.25, 0.3) is 0 Å². The molecule has 1 nitrogen and oxygen atoms in total. The fourth-order valence-electron chi connectivity index (χ4n) is 0.592. The molecule has 0 bridgehead atoms. The molecule has 0 rings (SSSR count). The van der Waals surface area contributed by atoms with Crippen LogP contribution >= 0.6 is 23.4 Å². The molecule has 0 aromatic rings. The van der Waals surface area contributed by atoms with E-state index in [1.54, 1.807) is 0 Å². The third kappa shape index (κ3) is 6.49. The van der Waals surface area contributed by atoms with Gasteiger partial charge in [-0.25, -0.2) is 0 Å². The molecular weight excluding hydrogens is 154 g/mol. The van der Waals surface area contributed by atoms with Crippen molar-refractivity contribution >= 4 is 23.4 Å². The van der Waals surface area contributed by atoms with Crippen molar-refractivity contribution in [1.29, 1.82) is 0 Å². The maximum Gasteiger partial charge on any atom is 0.0314 e. The second-order valence-corrected chi connectivity index (χ2v) is 3.85. The minimum Gasteiger partial charge on any atom is -0.319 e. The molecule has 1 unspecified atom stereocenters. The summed E-state index contributed by atoms with van der Waals surface area (Å²) in [5, 5.41) is 3.80. The molecule has 0 heterocycles. The summed E-state index contributed by atoms with van der Waals surface area (Å²) in [7, 11) is 1.97. The lowest BCUT2D eigenvalue weighted by molar-refractivity contribution is 0.785. The molecule has 0 saturated carbocycles. The zero-order valence-electron chi connectivity index (χ0n) is 5.98. The van der Waals surface area contributed by atoms with Gasteiger partial charge in [0.2, 0.25) is 0 Å². The Hall–Kier alpha value is 0.600. The molecule has 0 aliphatic heterocycles. The highest BCUT2D eigenvalue weighted by atomic mass is 35.5. The predicted octanol–water partition coefficient (Wildman–Crippen LogP) is 1.57. The van der Waals surface area contributed by atoms with Gasteiger partial charge in [-0.2, -0.15) is 11.8 Å². The summed E-state index contributed by atoms with van der Waals surface area (Å²) in [5.74, 6) is 1.82. The molecule has 0 spiro atoms. The second kappa shape index (κ2) is 6.72. The zero-order valence-corrected chi connectivity index (χ0v) is 7.56. The Balaban J connectivity index is 2.95. The third-order valence-corrected chi connectivity index (χ3v) is 2.56. The fraction of sp³-hybridized carbons (Fsp3) is 1.00. The molecule has 0 aliphatic rings. The van der Waals surface area contributed by atoms with Crippen molar-refractivity contribution in [3.8, 4) is 0 Å². The maximum absolute atomic E-state index is 5.50. The Morgan fingerprint density at radius 2 is 2.33 bits per heavy atom. The number of hydrogen-bond acceptors (Lipinski definition) is 2. The Morgan fingerprint density at radius 3 is 2.78 bits per heavy atom. The van der Waals surface area contributed by atoms with E-state index in [-0.39, 0.29) is 0 Å². The molecule has 0 aromatic carbocycles. The highest BCUT2D eigenvalue weighted by molar-refractivity contribution is 7.99. The first-order valence-electron chi connectivity index (χ1n) is 3.13. The Kier molecular flexibility index (Phi) is 7.16. The second-order valence-electron chi connectivity index (χ2n) is 1.93. The Labute approximate surface area is 66.5 Å². The van der Waals surface area contributed by atoms with Crippen molar-refractivity contribution in [1.82, 2.24) is 5.32 Å². The molecule has 0 radical (unpaired) electrons. The summed E-state index contributed by atoms with van der Waals surface area (Å²) in [6.45, 7) is 3.27. The van der Waals surface area contributed by atoms with Gasteiger partial charge in [-0.15, -0.1) is 11.6 Å². The van der Waals surface area contributed by atoms with Crippen molar-refractivity contribution in [3.05, 3.63) is 0 Å². The van der Waals surface area contributed by atoms with Gasteiger partial charge in [-0.3, -0.25) is 0 Å². The summed E-state index contributed by atoms with van der Waals surface area (Å²) in [5.41, 5.74) is 0. The fourth-order valence-corrected chi connectivity index (χ4v) is 1.64. The maximum atomic E-state index is 5.50.